The van der Waals surface area contributed by atoms with E-state index in [9.17, 15) is 0 Å². The normalized spacial score (nSPS) is 18.8. The highest BCUT2D eigenvalue weighted by molar-refractivity contribution is 8.76. The Hall–Kier alpha value is 0.660. The molecule has 12 heavy (non-hydrogen) atoms. The van der Waals surface area contributed by atoms with Crippen LogP contribution in [0.3, 0.4) is 0 Å². The van der Waals surface area contributed by atoms with Crippen molar-refractivity contribution in [3.05, 3.63) is 0 Å². The summed E-state index contributed by atoms with van der Waals surface area (Å²) in [5.74, 6) is 3.67. The molecule has 0 bridgehead atoms. The van der Waals surface area contributed by atoms with Crippen molar-refractivity contribution in [2.75, 3.05) is 25.1 Å². The average molecular weight is 205 g/mol. The molecule has 0 saturated heterocycles. The molecule has 0 aromatic rings. The molecule has 0 unspecified atom stereocenters. The molecule has 1 aliphatic rings. The fraction of sp³-hybridized carbons (Fsp3) is 1.00. The van der Waals surface area contributed by atoms with Crippen molar-refractivity contribution in [3.8, 4) is 0 Å². The second-order valence-electron chi connectivity index (χ2n) is 3.36. The van der Waals surface area contributed by atoms with Crippen LogP contribution in [0, 0.1) is 5.92 Å². The molecule has 1 saturated carbocycles. The van der Waals surface area contributed by atoms with Gasteiger partial charge in [-0.15, -0.1) is 0 Å². The Morgan fingerprint density at radius 3 is 2.67 bits per heavy atom. The van der Waals surface area contributed by atoms with Crippen molar-refractivity contribution in [1.29, 1.82) is 0 Å². The molecule has 0 aromatic carbocycles. The SMILES string of the molecule is CNCCSSCC1CCCC1. The number of nitrogens with one attached hydrogen (secondary N) is 1. The van der Waals surface area contributed by atoms with Crippen molar-refractivity contribution < 1.29 is 0 Å². The molecular formula is C9H19NS2. The van der Waals surface area contributed by atoms with E-state index in [2.05, 4.69) is 16.1 Å². The first-order chi connectivity index (χ1) is 5.93. The number of rotatable bonds is 6. The van der Waals surface area contributed by atoms with Crippen LogP contribution >= 0.6 is 21.6 Å². The van der Waals surface area contributed by atoms with Gasteiger partial charge in [0.25, 0.3) is 0 Å². The molecular weight excluding hydrogens is 186 g/mol. The van der Waals surface area contributed by atoms with E-state index in [-0.39, 0.29) is 0 Å². The van der Waals surface area contributed by atoms with Gasteiger partial charge in [-0.25, -0.2) is 0 Å². The lowest BCUT2D eigenvalue weighted by Gasteiger charge is -2.06. The molecule has 0 radical (unpaired) electrons. The maximum atomic E-state index is 3.16. The minimum atomic E-state index is 1.04. The molecule has 0 spiro atoms. The lowest BCUT2D eigenvalue weighted by molar-refractivity contribution is 0.624. The van der Waals surface area contributed by atoms with Crippen LogP contribution in [0.5, 0.6) is 0 Å². The van der Waals surface area contributed by atoms with E-state index in [1.165, 1.54) is 37.2 Å². The van der Waals surface area contributed by atoms with Gasteiger partial charge in [0.05, 0.1) is 0 Å². The van der Waals surface area contributed by atoms with Crippen LogP contribution < -0.4 is 5.32 Å². The Kier molecular flexibility index (Phi) is 6.35. The molecule has 0 heterocycles. The monoisotopic (exact) mass is 205 g/mol. The fourth-order valence-electron chi connectivity index (χ4n) is 1.52. The van der Waals surface area contributed by atoms with Gasteiger partial charge in [-0.3, -0.25) is 0 Å². The van der Waals surface area contributed by atoms with E-state index in [0.717, 1.165) is 12.5 Å². The van der Waals surface area contributed by atoms with E-state index >= 15 is 0 Å². The van der Waals surface area contributed by atoms with Crippen LogP contribution in [0.25, 0.3) is 0 Å². The van der Waals surface area contributed by atoms with E-state index in [1.54, 1.807) is 0 Å². The van der Waals surface area contributed by atoms with E-state index in [1.807, 2.05) is 17.8 Å². The first-order valence-electron chi connectivity index (χ1n) is 4.82. The topological polar surface area (TPSA) is 12.0 Å². The predicted octanol–water partition coefficient (Wildman–Crippen LogP) is 2.78. The Morgan fingerprint density at radius 1 is 1.25 bits per heavy atom. The zero-order valence-electron chi connectivity index (χ0n) is 7.84. The molecule has 1 aliphatic carbocycles. The van der Waals surface area contributed by atoms with Gasteiger partial charge in [-0.05, 0) is 25.8 Å². The van der Waals surface area contributed by atoms with Gasteiger partial charge < -0.3 is 5.32 Å². The Bertz CT molecular complexity index is 103. The molecule has 0 aromatic heterocycles. The van der Waals surface area contributed by atoms with Gasteiger partial charge in [-0.1, -0.05) is 34.4 Å². The molecule has 1 N–H and O–H groups in total. The third-order valence-electron chi connectivity index (χ3n) is 2.30. The molecule has 0 aliphatic heterocycles. The fourth-order valence-corrected chi connectivity index (χ4v) is 4.02. The molecule has 0 amide bonds. The number of hydrogen-bond donors (Lipinski definition) is 1. The minimum absolute atomic E-state index is 1.04. The van der Waals surface area contributed by atoms with Gasteiger partial charge in [0.2, 0.25) is 0 Å². The number of hydrogen-bond acceptors (Lipinski definition) is 3. The van der Waals surface area contributed by atoms with Crippen LogP contribution in [0.2, 0.25) is 0 Å². The van der Waals surface area contributed by atoms with Crippen molar-refractivity contribution in [1.82, 2.24) is 5.32 Å². The van der Waals surface area contributed by atoms with E-state index in [0.29, 0.717) is 0 Å². The summed E-state index contributed by atoms with van der Waals surface area (Å²) in [5.41, 5.74) is 0. The van der Waals surface area contributed by atoms with Crippen LogP contribution in [0.4, 0.5) is 0 Å². The van der Waals surface area contributed by atoms with Crippen LogP contribution in [-0.2, 0) is 0 Å². The summed E-state index contributed by atoms with van der Waals surface area (Å²) in [4.78, 5) is 0. The smallest absolute Gasteiger partial charge is 0.0162 e. The molecule has 1 fully saturated rings. The first kappa shape index (κ1) is 10.7. The van der Waals surface area contributed by atoms with Gasteiger partial charge in [0, 0.05) is 18.1 Å². The first-order valence-corrected chi connectivity index (χ1v) is 7.31. The molecule has 1 nitrogen and oxygen atoms in total. The highest BCUT2D eigenvalue weighted by Gasteiger charge is 2.14. The summed E-state index contributed by atoms with van der Waals surface area (Å²) >= 11 is 0. The third-order valence-corrected chi connectivity index (χ3v) is 4.85. The highest BCUT2D eigenvalue weighted by atomic mass is 33.1. The molecule has 0 atom stereocenters. The summed E-state index contributed by atoms with van der Waals surface area (Å²) < 4.78 is 0. The maximum Gasteiger partial charge on any atom is 0.0162 e. The van der Waals surface area contributed by atoms with Crippen molar-refractivity contribution in [2.24, 2.45) is 5.92 Å². The van der Waals surface area contributed by atoms with Crippen LogP contribution in [0.1, 0.15) is 25.7 Å². The van der Waals surface area contributed by atoms with Gasteiger partial charge in [0.15, 0.2) is 0 Å². The summed E-state index contributed by atoms with van der Waals surface area (Å²) in [7, 11) is 6.10. The van der Waals surface area contributed by atoms with Crippen LogP contribution in [-0.4, -0.2) is 25.1 Å². The maximum absolute atomic E-state index is 3.16. The zero-order chi connectivity index (χ0) is 8.65. The molecule has 3 heteroatoms. The molecule has 1 rings (SSSR count). The second-order valence-corrected chi connectivity index (χ2v) is 5.99. The summed E-state index contributed by atoms with van der Waals surface area (Å²) in [6.45, 7) is 1.14. The summed E-state index contributed by atoms with van der Waals surface area (Å²) in [6, 6.07) is 0. The zero-order valence-corrected chi connectivity index (χ0v) is 9.48. The van der Waals surface area contributed by atoms with Crippen molar-refractivity contribution in [2.45, 2.75) is 25.7 Å². The molecule has 72 valence electrons. The van der Waals surface area contributed by atoms with Gasteiger partial charge >= 0.3 is 0 Å². The highest BCUT2D eigenvalue weighted by Crippen LogP contribution is 2.32. The largest absolute Gasteiger partial charge is 0.319 e. The third kappa shape index (κ3) is 4.63. The van der Waals surface area contributed by atoms with Crippen molar-refractivity contribution in [3.63, 3.8) is 0 Å². The Labute approximate surface area is 83.8 Å². The van der Waals surface area contributed by atoms with Gasteiger partial charge in [0.1, 0.15) is 0 Å². The lowest BCUT2D eigenvalue weighted by atomic mass is 10.1. The van der Waals surface area contributed by atoms with Crippen molar-refractivity contribution >= 4 is 21.6 Å². The second kappa shape index (κ2) is 7.10. The van der Waals surface area contributed by atoms with E-state index < -0.39 is 0 Å². The predicted molar refractivity (Wildman–Crippen MR) is 60.8 cm³/mol. The summed E-state index contributed by atoms with van der Waals surface area (Å²) in [6.07, 6.45) is 5.93. The van der Waals surface area contributed by atoms with Gasteiger partial charge in [-0.2, -0.15) is 0 Å². The lowest BCUT2D eigenvalue weighted by Crippen LogP contribution is -2.09. The Morgan fingerprint density at radius 2 is 2.00 bits per heavy atom. The van der Waals surface area contributed by atoms with E-state index in [4.69, 9.17) is 0 Å². The Balaban J connectivity index is 1.81. The summed E-state index contributed by atoms with van der Waals surface area (Å²) in [5, 5.41) is 3.16. The van der Waals surface area contributed by atoms with Crippen LogP contribution in [0.15, 0.2) is 0 Å². The minimum Gasteiger partial charge on any atom is -0.319 e. The standard InChI is InChI=1S/C9H19NS2/c1-10-6-7-11-12-8-9-4-2-3-5-9/h9-10H,2-8H2,1H3. The average Bonchev–Trinajstić information content (AvgIpc) is 2.57. The quantitative estimate of drug-likeness (QED) is 0.529.